The Hall–Kier alpha value is -2.23. The smallest absolute Gasteiger partial charge is 0.376 e. The second-order valence-electron chi connectivity index (χ2n) is 4.92. The van der Waals surface area contributed by atoms with E-state index in [0.29, 0.717) is 12.5 Å². The van der Waals surface area contributed by atoms with Gasteiger partial charge in [0.05, 0.1) is 23.7 Å². The van der Waals surface area contributed by atoms with Crippen molar-refractivity contribution in [3.05, 3.63) is 29.3 Å². The molecular formula is C14H16F3N3O. The maximum Gasteiger partial charge on any atom is 0.417 e. The Labute approximate surface area is 121 Å². The summed E-state index contributed by atoms with van der Waals surface area (Å²) in [7, 11) is 0. The van der Waals surface area contributed by atoms with Crippen molar-refractivity contribution in [2.24, 2.45) is 5.92 Å². The quantitative estimate of drug-likeness (QED) is 0.878. The standard InChI is InChI=1S/C14H16F3N3O/c1-9(2)7-20-13(21)8-19-11-4-3-10(6-18)12(5-11)14(15,16)17/h3-5,9,19H,7-8H2,1-2H3,(H,20,21). The van der Waals surface area contributed by atoms with E-state index in [0.717, 1.165) is 12.1 Å². The summed E-state index contributed by atoms with van der Waals surface area (Å²) in [6, 6.07) is 4.74. The zero-order chi connectivity index (χ0) is 16.0. The third-order valence-corrected chi connectivity index (χ3v) is 2.61. The first-order valence-corrected chi connectivity index (χ1v) is 6.36. The number of halogens is 3. The van der Waals surface area contributed by atoms with Gasteiger partial charge >= 0.3 is 6.18 Å². The van der Waals surface area contributed by atoms with Crippen molar-refractivity contribution in [3.63, 3.8) is 0 Å². The molecule has 0 aromatic heterocycles. The fourth-order valence-electron chi connectivity index (χ4n) is 1.55. The van der Waals surface area contributed by atoms with Crippen molar-refractivity contribution in [2.45, 2.75) is 20.0 Å². The fraction of sp³-hybridized carbons (Fsp3) is 0.429. The van der Waals surface area contributed by atoms with Gasteiger partial charge in [-0.2, -0.15) is 18.4 Å². The molecule has 0 fully saturated rings. The number of nitriles is 1. The van der Waals surface area contributed by atoms with Gasteiger partial charge in [-0.25, -0.2) is 0 Å². The lowest BCUT2D eigenvalue weighted by molar-refractivity contribution is -0.137. The number of hydrogen-bond donors (Lipinski definition) is 2. The van der Waals surface area contributed by atoms with Crippen LogP contribution in [0.15, 0.2) is 18.2 Å². The molecule has 0 saturated heterocycles. The SMILES string of the molecule is CC(C)CNC(=O)CNc1ccc(C#N)c(C(F)(F)F)c1. The zero-order valence-electron chi connectivity index (χ0n) is 11.7. The highest BCUT2D eigenvalue weighted by atomic mass is 19.4. The lowest BCUT2D eigenvalue weighted by Crippen LogP contribution is -2.32. The minimum Gasteiger partial charge on any atom is -0.376 e. The lowest BCUT2D eigenvalue weighted by atomic mass is 10.1. The van der Waals surface area contributed by atoms with Gasteiger partial charge in [0, 0.05) is 12.2 Å². The number of alkyl halides is 3. The third kappa shape index (κ3) is 5.34. The van der Waals surface area contributed by atoms with Crippen LogP contribution in [-0.2, 0) is 11.0 Å². The highest BCUT2D eigenvalue weighted by Crippen LogP contribution is 2.33. The van der Waals surface area contributed by atoms with E-state index < -0.39 is 17.3 Å². The first-order valence-electron chi connectivity index (χ1n) is 6.36. The largest absolute Gasteiger partial charge is 0.417 e. The Morgan fingerprint density at radius 2 is 2.05 bits per heavy atom. The third-order valence-electron chi connectivity index (χ3n) is 2.61. The number of hydrogen-bond acceptors (Lipinski definition) is 3. The highest BCUT2D eigenvalue weighted by Gasteiger charge is 2.33. The summed E-state index contributed by atoms with van der Waals surface area (Å²) in [5.74, 6) is -0.0117. The minimum atomic E-state index is -4.61. The predicted molar refractivity (Wildman–Crippen MR) is 72.5 cm³/mol. The summed E-state index contributed by atoms with van der Waals surface area (Å²) < 4.78 is 38.3. The normalized spacial score (nSPS) is 11.1. The summed E-state index contributed by atoms with van der Waals surface area (Å²) >= 11 is 0. The van der Waals surface area contributed by atoms with Crippen LogP contribution in [-0.4, -0.2) is 19.0 Å². The fourth-order valence-corrected chi connectivity index (χ4v) is 1.55. The van der Waals surface area contributed by atoms with Crippen LogP contribution >= 0.6 is 0 Å². The van der Waals surface area contributed by atoms with Crippen LogP contribution in [0.5, 0.6) is 0 Å². The van der Waals surface area contributed by atoms with Gasteiger partial charge in [-0.1, -0.05) is 13.8 Å². The molecule has 0 bridgehead atoms. The summed E-state index contributed by atoms with van der Waals surface area (Å²) in [6.07, 6.45) is -4.61. The summed E-state index contributed by atoms with van der Waals surface area (Å²) in [4.78, 5) is 11.5. The van der Waals surface area contributed by atoms with E-state index in [2.05, 4.69) is 10.6 Å². The van der Waals surface area contributed by atoms with Gasteiger partial charge in [0.2, 0.25) is 5.91 Å². The van der Waals surface area contributed by atoms with Gasteiger partial charge in [-0.15, -0.1) is 0 Å². The van der Waals surface area contributed by atoms with Crippen molar-refractivity contribution in [2.75, 3.05) is 18.4 Å². The molecule has 0 radical (unpaired) electrons. The summed E-state index contributed by atoms with van der Waals surface area (Å²) in [6.45, 7) is 4.24. The number of anilines is 1. The molecule has 0 aliphatic carbocycles. The predicted octanol–water partition coefficient (Wildman–Crippen LogP) is 2.76. The zero-order valence-corrected chi connectivity index (χ0v) is 11.7. The van der Waals surface area contributed by atoms with Gasteiger partial charge in [-0.05, 0) is 24.1 Å². The molecule has 1 aromatic rings. The molecule has 1 aromatic carbocycles. The molecule has 1 amide bonds. The average molecular weight is 299 g/mol. The number of carbonyl (C=O) groups excluding carboxylic acids is 1. The second kappa shape index (κ2) is 6.97. The Morgan fingerprint density at radius 1 is 1.38 bits per heavy atom. The topological polar surface area (TPSA) is 64.9 Å². The van der Waals surface area contributed by atoms with Crippen LogP contribution in [0.3, 0.4) is 0 Å². The minimum absolute atomic E-state index is 0.129. The van der Waals surface area contributed by atoms with E-state index in [1.54, 1.807) is 0 Å². The molecule has 7 heteroatoms. The Bertz CT molecular complexity index is 547. The molecule has 0 aliphatic heterocycles. The first-order chi connectivity index (χ1) is 9.74. The van der Waals surface area contributed by atoms with E-state index >= 15 is 0 Å². The van der Waals surface area contributed by atoms with Gasteiger partial charge in [0.1, 0.15) is 0 Å². The highest BCUT2D eigenvalue weighted by molar-refractivity contribution is 5.80. The number of benzene rings is 1. The maximum absolute atomic E-state index is 12.8. The summed E-state index contributed by atoms with van der Waals surface area (Å²) in [5, 5.41) is 13.9. The van der Waals surface area contributed by atoms with Crippen molar-refractivity contribution >= 4 is 11.6 Å². The van der Waals surface area contributed by atoms with Crippen LogP contribution in [0.1, 0.15) is 25.0 Å². The number of rotatable bonds is 5. The van der Waals surface area contributed by atoms with Gasteiger partial charge in [-0.3, -0.25) is 4.79 Å². The second-order valence-corrected chi connectivity index (χ2v) is 4.92. The number of carbonyl (C=O) groups is 1. The Morgan fingerprint density at radius 3 is 2.57 bits per heavy atom. The van der Waals surface area contributed by atoms with Crippen molar-refractivity contribution in [1.29, 1.82) is 5.26 Å². The molecule has 0 aliphatic rings. The number of nitrogens with one attached hydrogen (secondary N) is 2. The molecule has 0 spiro atoms. The van der Waals surface area contributed by atoms with E-state index in [1.165, 1.54) is 12.1 Å². The number of amides is 1. The van der Waals surface area contributed by atoms with Crippen LogP contribution < -0.4 is 10.6 Å². The van der Waals surface area contributed by atoms with Crippen molar-refractivity contribution < 1.29 is 18.0 Å². The summed E-state index contributed by atoms with van der Waals surface area (Å²) in [5.41, 5.74) is -1.32. The first kappa shape index (κ1) is 16.8. The molecular weight excluding hydrogens is 283 g/mol. The molecule has 0 saturated carbocycles. The average Bonchev–Trinajstić information content (AvgIpc) is 2.41. The Balaban J connectivity index is 2.73. The van der Waals surface area contributed by atoms with Crippen LogP contribution in [0, 0.1) is 17.2 Å². The van der Waals surface area contributed by atoms with E-state index in [1.807, 2.05) is 13.8 Å². The molecule has 114 valence electrons. The molecule has 0 atom stereocenters. The van der Waals surface area contributed by atoms with Crippen molar-refractivity contribution in [3.8, 4) is 6.07 Å². The number of nitrogens with zero attached hydrogens (tertiary/aromatic N) is 1. The molecule has 21 heavy (non-hydrogen) atoms. The maximum atomic E-state index is 12.8. The van der Waals surface area contributed by atoms with E-state index in [-0.39, 0.29) is 18.1 Å². The Kier molecular flexibility index (Phi) is 5.59. The van der Waals surface area contributed by atoms with Gasteiger partial charge in [0.15, 0.2) is 0 Å². The van der Waals surface area contributed by atoms with Crippen LogP contribution in [0.25, 0.3) is 0 Å². The molecule has 0 heterocycles. The molecule has 1 rings (SSSR count). The molecule has 2 N–H and O–H groups in total. The lowest BCUT2D eigenvalue weighted by Gasteiger charge is -2.12. The monoisotopic (exact) mass is 299 g/mol. The van der Waals surface area contributed by atoms with Gasteiger partial charge in [0.25, 0.3) is 0 Å². The van der Waals surface area contributed by atoms with E-state index in [9.17, 15) is 18.0 Å². The molecule has 0 unspecified atom stereocenters. The van der Waals surface area contributed by atoms with Crippen LogP contribution in [0.2, 0.25) is 0 Å². The van der Waals surface area contributed by atoms with E-state index in [4.69, 9.17) is 5.26 Å². The molecule has 4 nitrogen and oxygen atoms in total. The van der Waals surface area contributed by atoms with Gasteiger partial charge < -0.3 is 10.6 Å². The van der Waals surface area contributed by atoms with Crippen molar-refractivity contribution in [1.82, 2.24) is 5.32 Å². The van der Waals surface area contributed by atoms with Crippen LogP contribution in [0.4, 0.5) is 18.9 Å².